The molecular weight excluding hydrogens is 502 g/mol. The second-order valence-corrected chi connectivity index (χ2v) is 11.0. The minimum Gasteiger partial charge on any atom is -0.462 e. The molecule has 0 spiro atoms. The molecule has 210 valence electrons. The molecule has 9 nitrogen and oxygen atoms in total. The lowest BCUT2D eigenvalue weighted by molar-refractivity contribution is -0.127. The van der Waals surface area contributed by atoms with Gasteiger partial charge in [-0.3, -0.25) is 4.79 Å². The number of likely N-dealkylation sites (tertiary alicyclic amines) is 1. The number of rotatable bonds is 6. The highest BCUT2D eigenvalue weighted by atomic mass is 16.5. The number of benzene rings is 1. The zero-order chi connectivity index (χ0) is 28.2. The molecule has 3 aliphatic heterocycles. The van der Waals surface area contributed by atoms with Gasteiger partial charge in [0.05, 0.1) is 12.2 Å². The van der Waals surface area contributed by atoms with Gasteiger partial charge < -0.3 is 29.2 Å². The maximum absolute atomic E-state index is 12.6. The Balaban J connectivity index is 1.46. The molecule has 0 bridgehead atoms. The number of hydrogen-bond acceptors (Lipinski definition) is 7. The van der Waals surface area contributed by atoms with Gasteiger partial charge in [0.15, 0.2) is 0 Å². The van der Waals surface area contributed by atoms with Gasteiger partial charge in [0, 0.05) is 43.5 Å². The van der Waals surface area contributed by atoms with E-state index in [9.17, 15) is 4.79 Å². The summed E-state index contributed by atoms with van der Waals surface area (Å²) >= 11 is 0. The fourth-order valence-corrected chi connectivity index (χ4v) is 6.11. The van der Waals surface area contributed by atoms with Gasteiger partial charge in [-0.25, -0.2) is 6.57 Å². The molecule has 0 N–H and O–H groups in total. The van der Waals surface area contributed by atoms with E-state index < -0.39 is 0 Å². The van der Waals surface area contributed by atoms with E-state index in [1.807, 2.05) is 0 Å². The molecule has 0 unspecified atom stereocenters. The number of likely N-dealkylation sites (N-methyl/N-ethyl adjacent to an activating group) is 1. The smallest absolute Gasteiger partial charge is 0.318 e. The Morgan fingerprint density at radius 2 is 2.00 bits per heavy atom. The summed E-state index contributed by atoms with van der Waals surface area (Å²) in [6.07, 6.45) is 3.11. The number of hydrogen-bond donors (Lipinski definition) is 0. The van der Waals surface area contributed by atoms with Gasteiger partial charge in [0.25, 0.3) is 5.91 Å². The predicted octanol–water partition coefficient (Wildman–Crippen LogP) is 3.09. The fourth-order valence-electron chi connectivity index (χ4n) is 6.11. The minimum atomic E-state index is -0.239. The van der Waals surface area contributed by atoms with Crippen molar-refractivity contribution in [2.24, 2.45) is 0 Å². The van der Waals surface area contributed by atoms with E-state index in [4.69, 9.17) is 21.3 Å². The Bertz CT molecular complexity index is 1360. The molecule has 0 saturated carbocycles. The summed E-state index contributed by atoms with van der Waals surface area (Å²) in [5.74, 6) is 6.03. The summed E-state index contributed by atoms with van der Waals surface area (Å²) in [6.45, 7) is 18.6. The van der Waals surface area contributed by atoms with Crippen molar-refractivity contribution in [1.29, 1.82) is 0 Å². The van der Waals surface area contributed by atoms with Gasteiger partial charge in [-0.1, -0.05) is 18.1 Å². The number of amides is 1. The third kappa shape index (κ3) is 5.71. The Morgan fingerprint density at radius 3 is 2.75 bits per heavy atom. The second-order valence-electron chi connectivity index (χ2n) is 11.0. The third-order valence-electron chi connectivity index (χ3n) is 8.59. The monoisotopic (exact) mass is 541 g/mol. The van der Waals surface area contributed by atoms with E-state index in [1.54, 1.807) is 11.8 Å². The molecule has 1 amide bonds. The van der Waals surface area contributed by atoms with Crippen LogP contribution in [0.25, 0.3) is 4.85 Å². The summed E-state index contributed by atoms with van der Waals surface area (Å²) in [6, 6.07) is 7.00. The molecule has 0 radical (unpaired) electrons. The summed E-state index contributed by atoms with van der Waals surface area (Å²) in [7, 11) is 2.14. The van der Waals surface area contributed by atoms with Gasteiger partial charge in [0.2, 0.25) is 6.54 Å². The third-order valence-corrected chi connectivity index (χ3v) is 8.59. The van der Waals surface area contributed by atoms with Crippen molar-refractivity contribution < 1.29 is 9.53 Å². The lowest BCUT2D eigenvalue weighted by Crippen LogP contribution is -2.56. The van der Waals surface area contributed by atoms with E-state index in [0.29, 0.717) is 44.8 Å². The van der Waals surface area contributed by atoms with Crippen LogP contribution in [-0.4, -0.2) is 90.7 Å². The maximum atomic E-state index is 12.6. The molecule has 0 aliphatic carbocycles. The average Bonchev–Trinajstić information content (AvgIpc) is 3.37. The van der Waals surface area contributed by atoms with Crippen molar-refractivity contribution >= 4 is 17.4 Å². The molecule has 3 aliphatic rings. The highest BCUT2D eigenvalue weighted by Gasteiger charge is 2.35. The molecule has 5 rings (SSSR count). The van der Waals surface area contributed by atoms with Crippen LogP contribution in [0.1, 0.15) is 42.1 Å². The van der Waals surface area contributed by atoms with Crippen LogP contribution in [0.3, 0.4) is 0 Å². The van der Waals surface area contributed by atoms with Crippen LogP contribution < -0.4 is 14.5 Å². The molecular formula is C31H39N7O2. The molecule has 1 aromatic carbocycles. The van der Waals surface area contributed by atoms with Crippen molar-refractivity contribution in [3.05, 3.63) is 52.0 Å². The first-order chi connectivity index (χ1) is 19.4. The van der Waals surface area contributed by atoms with Gasteiger partial charge in [-0.15, -0.1) is 0 Å². The van der Waals surface area contributed by atoms with E-state index in [-0.39, 0.29) is 18.5 Å². The Labute approximate surface area is 237 Å². The highest BCUT2D eigenvalue weighted by Crippen LogP contribution is 2.33. The SMILES string of the molecule is [C-]#[N+]C[C@H]1CN(c2nc(OC[C@@H]3CCCN3C)nc3c2CCN(c2cccc(C)c2C)C3)CCN1C(=O)C#CC. The number of aryl methyl sites for hydroxylation is 1. The number of ether oxygens (including phenoxy) is 1. The number of carbonyl (C=O) groups is 1. The van der Waals surface area contributed by atoms with Crippen molar-refractivity contribution in [1.82, 2.24) is 19.8 Å². The van der Waals surface area contributed by atoms with Crippen molar-refractivity contribution in [3.63, 3.8) is 0 Å². The van der Waals surface area contributed by atoms with Gasteiger partial charge in [-0.2, -0.15) is 9.97 Å². The first-order valence-corrected chi connectivity index (χ1v) is 14.2. The minimum absolute atomic E-state index is 0.214. The number of anilines is 2. The van der Waals surface area contributed by atoms with Crippen molar-refractivity contribution in [2.45, 2.75) is 58.7 Å². The van der Waals surface area contributed by atoms with Gasteiger partial charge >= 0.3 is 6.01 Å². The van der Waals surface area contributed by atoms with Crippen LogP contribution >= 0.6 is 0 Å². The van der Waals surface area contributed by atoms with Crippen molar-refractivity contribution in [3.8, 4) is 17.9 Å². The number of piperazine rings is 1. The summed E-state index contributed by atoms with van der Waals surface area (Å²) < 4.78 is 6.27. The standard InChI is InChI=1S/C31H39N7O2/c1-6-9-29(39)38-17-16-37(19-25(38)18-32-4)30-26-13-15-36(28-12-7-10-22(2)23(28)3)20-27(26)33-31(34-30)40-21-24-11-8-14-35(24)5/h7,10,12,24-25H,8,11,13-21H2,1-3,5H3/t24-,25-/m0/s1. The summed E-state index contributed by atoms with van der Waals surface area (Å²) in [4.78, 5) is 34.9. The fraction of sp³-hybridized carbons (Fsp3) is 0.548. The second kappa shape index (κ2) is 12.1. The number of nitrogens with zero attached hydrogens (tertiary/aromatic N) is 7. The zero-order valence-corrected chi connectivity index (χ0v) is 24.1. The van der Waals surface area contributed by atoms with Crippen LogP contribution in [-0.2, 0) is 17.8 Å². The summed E-state index contributed by atoms with van der Waals surface area (Å²) in [5, 5.41) is 0. The normalized spacial score (nSPS) is 20.9. The van der Waals surface area contributed by atoms with Crippen LogP contribution in [0.2, 0.25) is 0 Å². The number of carbonyl (C=O) groups excluding carboxylic acids is 1. The van der Waals surface area contributed by atoms with Crippen molar-refractivity contribution in [2.75, 3.05) is 62.7 Å². The molecule has 9 heteroatoms. The first-order valence-electron chi connectivity index (χ1n) is 14.2. The average molecular weight is 542 g/mol. The van der Waals surface area contributed by atoms with E-state index in [0.717, 1.165) is 43.0 Å². The van der Waals surface area contributed by atoms with Crippen LogP contribution in [0, 0.1) is 32.3 Å². The lowest BCUT2D eigenvalue weighted by atomic mass is 10.0. The van der Waals surface area contributed by atoms with Crippen LogP contribution in [0.5, 0.6) is 6.01 Å². The quantitative estimate of drug-likeness (QED) is 0.411. The molecule has 40 heavy (non-hydrogen) atoms. The topological polar surface area (TPSA) is 69.4 Å². The molecule has 2 saturated heterocycles. The Morgan fingerprint density at radius 1 is 1.15 bits per heavy atom. The maximum Gasteiger partial charge on any atom is 0.318 e. The summed E-state index contributed by atoms with van der Waals surface area (Å²) in [5.41, 5.74) is 5.94. The van der Waals surface area contributed by atoms with Crippen LogP contribution in [0.15, 0.2) is 18.2 Å². The van der Waals surface area contributed by atoms with E-state index in [1.165, 1.54) is 23.2 Å². The van der Waals surface area contributed by atoms with Gasteiger partial charge in [-0.05, 0) is 76.7 Å². The first kappa shape index (κ1) is 27.7. The van der Waals surface area contributed by atoms with Gasteiger partial charge in [0.1, 0.15) is 18.5 Å². The Kier molecular flexibility index (Phi) is 8.42. The number of fused-ring (bicyclic) bond motifs is 1. The molecule has 2 aromatic rings. The molecule has 4 heterocycles. The molecule has 2 atom stereocenters. The number of aromatic nitrogens is 2. The Hall–Kier alpha value is -3.82. The van der Waals surface area contributed by atoms with E-state index >= 15 is 0 Å². The highest BCUT2D eigenvalue weighted by molar-refractivity contribution is 5.94. The lowest BCUT2D eigenvalue weighted by Gasteiger charge is -2.40. The zero-order valence-electron chi connectivity index (χ0n) is 24.1. The molecule has 1 aromatic heterocycles. The van der Waals surface area contributed by atoms with E-state index in [2.05, 4.69) is 70.5 Å². The van der Waals surface area contributed by atoms with Crippen LogP contribution in [0.4, 0.5) is 11.5 Å². The molecule has 2 fully saturated rings. The predicted molar refractivity (Wildman–Crippen MR) is 156 cm³/mol. The largest absolute Gasteiger partial charge is 0.462 e.